The summed E-state index contributed by atoms with van der Waals surface area (Å²) >= 11 is 3.55. The molecular weight excluding hydrogens is 278 g/mol. The van der Waals surface area contributed by atoms with Gasteiger partial charge >= 0.3 is 0 Å². The summed E-state index contributed by atoms with van der Waals surface area (Å²) in [6, 6.07) is 8.88. The second kappa shape index (κ2) is 4.83. The fourth-order valence-corrected chi connectivity index (χ4v) is 3.00. The van der Waals surface area contributed by atoms with Gasteiger partial charge in [0.15, 0.2) is 0 Å². The van der Waals surface area contributed by atoms with E-state index in [1.807, 2.05) is 18.2 Å². The summed E-state index contributed by atoms with van der Waals surface area (Å²) in [6.45, 7) is 0.839. The van der Waals surface area contributed by atoms with Crippen LogP contribution in [0.3, 0.4) is 0 Å². The van der Waals surface area contributed by atoms with Gasteiger partial charge in [0.2, 0.25) is 0 Å². The first-order chi connectivity index (χ1) is 8.33. The van der Waals surface area contributed by atoms with E-state index in [2.05, 4.69) is 27.3 Å². The Morgan fingerprint density at radius 1 is 1.29 bits per heavy atom. The predicted octanol–water partition coefficient (Wildman–Crippen LogP) is 4.23. The van der Waals surface area contributed by atoms with Crippen molar-refractivity contribution in [1.82, 2.24) is 5.32 Å². The molecule has 17 heavy (non-hydrogen) atoms. The lowest BCUT2D eigenvalue weighted by molar-refractivity contribution is 0.462. The largest absolute Gasteiger partial charge is 0.460 e. The van der Waals surface area contributed by atoms with E-state index in [0.29, 0.717) is 6.04 Å². The minimum atomic E-state index is 0.687. The number of rotatable bonds is 3. The average molecular weight is 294 g/mol. The van der Waals surface area contributed by atoms with Gasteiger partial charge < -0.3 is 9.73 Å². The number of benzene rings is 1. The van der Waals surface area contributed by atoms with Gasteiger partial charge in [-0.05, 0) is 31.0 Å². The molecule has 0 saturated heterocycles. The second-order valence-electron chi connectivity index (χ2n) is 4.73. The average Bonchev–Trinajstić information content (AvgIpc) is 2.95. The van der Waals surface area contributed by atoms with Crippen LogP contribution in [0, 0.1) is 0 Å². The molecule has 1 aromatic heterocycles. The van der Waals surface area contributed by atoms with Crippen molar-refractivity contribution in [3.8, 4) is 0 Å². The van der Waals surface area contributed by atoms with Crippen molar-refractivity contribution >= 4 is 26.9 Å². The maximum atomic E-state index is 5.82. The van der Waals surface area contributed by atoms with Crippen LogP contribution in [-0.2, 0) is 6.54 Å². The summed E-state index contributed by atoms with van der Waals surface area (Å²) in [7, 11) is 0. The minimum absolute atomic E-state index is 0.687. The highest BCUT2D eigenvalue weighted by Gasteiger charge is 2.15. The third-order valence-electron chi connectivity index (χ3n) is 3.48. The molecule has 0 radical (unpaired) electrons. The van der Waals surface area contributed by atoms with Crippen LogP contribution in [-0.4, -0.2) is 6.04 Å². The predicted molar refractivity (Wildman–Crippen MR) is 73.0 cm³/mol. The monoisotopic (exact) mass is 293 g/mol. The summed E-state index contributed by atoms with van der Waals surface area (Å²) < 4.78 is 6.92. The lowest BCUT2D eigenvalue weighted by Crippen LogP contribution is -2.24. The van der Waals surface area contributed by atoms with Gasteiger partial charge in [0.25, 0.3) is 0 Å². The number of hydrogen-bond acceptors (Lipinski definition) is 2. The number of fused-ring (bicyclic) bond motifs is 1. The molecule has 0 spiro atoms. The Kier molecular flexibility index (Phi) is 3.21. The zero-order valence-corrected chi connectivity index (χ0v) is 11.3. The quantitative estimate of drug-likeness (QED) is 0.916. The van der Waals surface area contributed by atoms with Gasteiger partial charge in [-0.2, -0.15) is 0 Å². The third kappa shape index (κ3) is 2.40. The molecule has 0 atom stereocenters. The molecule has 1 N–H and O–H groups in total. The first kappa shape index (κ1) is 11.3. The number of nitrogens with one attached hydrogen (secondary N) is 1. The van der Waals surface area contributed by atoms with Gasteiger partial charge in [-0.25, -0.2) is 0 Å². The van der Waals surface area contributed by atoms with Crippen LogP contribution in [0.25, 0.3) is 11.0 Å². The van der Waals surface area contributed by atoms with E-state index in [0.717, 1.165) is 27.7 Å². The summed E-state index contributed by atoms with van der Waals surface area (Å²) in [5.74, 6) is 1.03. The second-order valence-corrected chi connectivity index (χ2v) is 5.58. The molecule has 90 valence electrons. The maximum Gasteiger partial charge on any atom is 0.135 e. The Bertz CT molecular complexity index is 514. The standard InChI is InChI=1S/C14H16BrNO/c15-13-6-3-7-14-12(13)8-11(17-14)9-16-10-4-1-2-5-10/h3,6-8,10,16H,1-2,4-5,9H2. The molecular formula is C14H16BrNO. The van der Waals surface area contributed by atoms with Crippen molar-refractivity contribution in [3.05, 3.63) is 34.5 Å². The summed E-state index contributed by atoms with van der Waals surface area (Å²) in [5, 5.41) is 4.73. The molecule has 0 aliphatic heterocycles. The summed E-state index contributed by atoms with van der Waals surface area (Å²) in [5.41, 5.74) is 0.961. The van der Waals surface area contributed by atoms with Crippen LogP contribution in [0.15, 0.2) is 33.2 Å². The number of hydrogen-bond donors (Lipinski definition) is 1. The lowest BCUT2D eigenvalue weighted by Gasteiger charge is -2.09. The van der Waals surface area contributed by atoms with Crippen LogP contribution >= 0.6 is 15.9 Å². The van der Waals surface area contributed by atoms with Gasteiger partial charge in [-0.15, -0.1) is 0 Å². The molecule has 1 heterocycles. The molecule has 0 bridgehead atoms. The summed E-state index contributed by atoms with van der Waals surface area (Å²) in [4.78, 5) is 0. The van der Waals surface area contributed by atoms with E-state index in [1.165, 1.54) is 25.7 Å². The fraction of sp³-hybridized carbons (Fsp3) is 0.429. The normalized spacial score (nSPS) is 17.0. The van der Waals surface area contributed by atoms with E-state index < -0.39 is 0 Å². The van der Waals surface area contributed by atoms with E-state index in [1.54, 1.807) is 0 Å². The third-order valence-corrected chi connectivity index (χ3v) is 4.17. The van der Waals surface area contributed by atoms with Crippen molar-refractivity contribution in [1.29, 1.82) is 0 Å². The molecule has 1 aliphatic rings. The molecule has 1 aromatic carbocycles. The number of halogens is 1. The van der Waals surface area contributed by atoms with Crippen molar-refractivity contribution in [2.24, 2.45) is 0 Å². The first-order valence-electron chi connectivity index (χ1n) is 6.23. The van der Waals surface area contributed by atoms with E-state index >= 15 is 0 Å². The smallest absolute Gasteiger partial charge is 0.135 e. The zero-order chi connectivity index (χ0) is 11.7. The number of furan rings is 1. The Balaban J connectivity index is 1.74. The van der Waals surface area contributed by atoms with Crippen molar-refractivity contribution in [2.75, 3.05) is 0 Å². The van der Waals surface area contributed by atoms with Gasteiger partial charge in [0.05, 0.1) is 6.54 Å². The molecule has 1 fully saturated rings. The Morgan fingerprint density at radius 2 is 2.12 bits per heavy atom. The Hall–Kier alpha value is -0.800. The SMILES string of the molecule is Brc1cccc2oc(CNC3CCCC3)cc12. The topological polar surface area (TPSA) is 25.2 Å². The fourth-order valence-electron chi connectivity index (χ4n) is 2.54. The van der Waals surface area contributed by atoms with Crippen LogP contribution < -0.4 is 5.32 Å². The molecule has 2 aromatic rings. The van der Waals surface area contributed by atoms with E-state index in [4.69, 9.17) is 4.42 Å². The molecule has 0 unspecified atom stereocenters. The molecule has 3 rings (SSSR count). The first-order valence-corrected chi connectivity index (χ1v) is 7.02. The van der Waals surface area contributed by atoms with Gasteiger partial charge in [-0.3, -0.25) is 0 Å². The van der Waals surface area contributed by atoms with Gasteiger partial charge in [-0.1, -0.05) is 34.8 Å². The van der Waals surface area contributed by atoms with E-state index in [-0.39, 0.29) is 0 Å². The van der Waals surface area contributed by atoms with Crippen LogP contribution in [0.1, 0.15) is 31.4 Å². The Labute approximate surface area is 110 Å². The maximum absolute atomic E-state index is 5.82. The van der Waals surface area contributed by atoms with E-state index in [9.17, 15) is 0 Å². The van der Waals surface area contributed by atoms with Crippen LogP contribution in [0.5, 0.6) is 0 Å². The molecule has 1 saturated carbocycles. The Morgan fingerprint density at radius 3 is 2.88 bits per heavy atom. The molecule has 0 amide bonds. The minimum Gasteiger partial charge on any atom is -0.460 e. The van der Waals surface area contributed by atoms with Gasteiger partial charge in [0.1, 0.15) is 11.3 Å². The molecule has 3 heteroatoms. The van der Waals surface area contributed by atoms with Crippen LogP contribution in [0.4, 0.5) is 0 Å². The molecule has 2 nitrogen and oxygen atoms in total. The van der Waals surface area contributed by atoms with Crippen molar-refractivity contribution in [2.45, 2.75) is 38.3 Å². The highest BCUT2D eigenvalue weighted by atomic mass is 79.9. The zero-order valence-electron chi connectivity index (χ0n) is 9.71. The molecule has 1 aliphatic carbocycles. The lowest BCUT2D eigenvalue weighted by atomic mass is 10.2. The van der Waals surface area contributed by atoms with Crippen molar-refractivity contribution in [3.63, 3.8) is 0 Å². The van der Waals surface area contributed by atoms with Gasteiger partial charge in [0, 0.05) is 15.9 Å². The highest BCUT2D eigenvalue weighted by Crippen LogP contribution is 2.27. The van der Waals surface area contributed by atoms with Crippen LogP contribution in [0.2, 0.25) is 0 Å². The summed E-state index contributed by atoms with van der Waals surface area (Å²) in [6.07, 6.45) is 5.35. The van der Waals surface area contributed by atoms with Crippen molar-refractivity contribution < 1.29 is 4.42 Å². The highest BCUT2D eigenvalue weighted by molar-refractivity contribution is 9.10.